The first kappa shape index (κ1) is 14.6. The highest BCUT2D eigenvalue weighted by Gasteiger charge is 2.13. The third-order valence-electron chi connectivity index (χ3n) is 3.88. The molecule has 2 rings (SSSR count). The van der Waals surface area contributed by atoms with Crippen LogP contribution in [0.3, 0.4) is 0 Å². The molecule has 2 aromatic carbocycles. The third kappa shape index (κ3) is 2.72. The second kappa shape index (κ2) is 5.70. The summed E-state index contributed by atoms with van der Waals surface area (Å²) in [6.07, 6.45) is 0. The minimum absolute atomic E-state index is 0.519. The molecule has 0 heterocycles. The average molecular weight is 268 g/mol. The van der Waals surface area contributed by atoms with Crippen molar-refractivity contribution in [3.63, 3.8) is 0 Å². The molecular weight excluding hydrogens is 244 g/mol. The molecule has 0 aliphatic rings. The summed E-state index contributed by atoms with van der Waals surface area (Å²) < 4.78 is 5.60. The summed E-state index contributed by atoms with van der Waals surface area (Å²) in [5, 5.41) is 0. The molecule has 1 heteroatoms. The van der Waals surface area contributed by atoms with E-state index in [4.69, 9.17) is 4.74 Å². The van der Waals surface area contributed by atoms with Crippen molar-refractivity contribution < 1.29 is 4.74 Å². The van der Waals surface area contributed by atoms with Crippen molar-refractivity contribution in [2.75, 3.05) is 7.11 Å². The maximum Gasteiger partial charge on any atom is 0.126 e. The smallest absolute Gasteiger partial charge is 0.126 e. The fourth-order valence-corrected chi connectivity index (χ4v) is 2.82. The van der Waals surface area contributed by atoms with Crippen LogP contribution in [0.2, 0.25) is 0 Å². The number of benzene rings is 2. The molecule has 0 amide bonds. The molecule has 0 radical (unpaired) electrons. The van der Waals surface area contributed by atoms with Gasteiger partial charge in [-0.2, -0.15) is 0 Å². The van der Waals surface area contributed by atoms with E-state index < -0.39 is 0 Å². The number of hydrogen-bond donors (Lipinski definition) is 0. The predicted octanol–water partition coefficient (Wildman–Crippen LogP) is 5.41. The first-order valence-corrected chi connectivity index (χ1v) is 7.20. The van der Waals surface area contributed by atoms with Crippen LogP contribution in [-0.2, 0) is 0 Å². The summed E-state index contributed by atoms with van der Waals surface area (Å²) in [6.45, 7) is 10.9. The number of aryl methyl sites for hydroxylation is 3. The van der Waals surface area contributed by atoms with E-state index in [-0.39, 0.29) is 0 Å². The van der Waals surface area contributed by atoms with Crippen LogP contribution in [0.25, 0.3) is 11.1 Å². The Bertz CT molecular complexity index is 624. The van der Waals surface area contributed by atoms with E-state index in [1.807, 2.05) is 0 Å². The van der Waals surface area contributed by atoms with Gasteiger partial charge in [0.05, 0.1) is 7.11 Å². The highest BCUT2D eigenvalue weighted by molar-refractivity contribution is 5.75. The van der Waals surface area contributed by atoms with Crippen molar-refractivity contribution in [2.45, 2.75) is 40.5 Å². The Labute approximate surface area is 122 Å². The van der Waals surface area contributed by atoms with Crippen molar-refractivity contribution >= 4 is 0 Å². The first-order chi connectivity index (χ1) is 9.43. The molecule has 1 nitrogen and oxygen atoms in total. The van der Waals surface area contributed by atoms with Gasteiger partial charge in [0.1, 0.15) is 5.75 Å². The van der Waals surface area contributed by atoms with Crippen LogP contribution >= 0.6 is 0 Å². The van der Waals surface area contributed by atoms with Gasteiger partial charge in [0.2, 0.25) is 0 Å². The van der Waals surface area contributed by atoms with Crippen LogP contribution < -0.4 is 4.74 Å². The van der Waals surface area contributed by atoms with Gasteiger partial charge in [-0.1, -0.05) is 37.6 Å². The van der Waals surface area contributed by atoms with Crippen LogP contribution in [0.5, 0.6) is 5.75 Å². The molecule has 0 saturated carbocycles. The molecule has 0 saturated heterocycles. The monoisotopic (exact) mass is 268 g/mol. The van der Waals surface area contributed by atoms with E-state index in [1.165, 1.54) is 33.4 Å². The Morgan fingerprint density at radius 2 is 1.55 bits per heavy atom. The second-order valence-corrected chi connectivity index (χ2v) is 5.88. The van der Waals surface area contributed by atoms with Crippen LogP contribution in [0, 0.1) is 20.8 Å². The molecule has 0 unspecified atom stereocenters. The van der Waals surface area contributed by atoms with Crippen molar-refractivity contribution in [1.29, 1.82) is 0 Å². The van der Waals surface area contributed by atoms with Crippen molar-refractivity contribution in [2.24, 2.45) is 0 Å². The minimum Gasteiger partial charge on any atom is -0.496 e. The molecule has 20 heavy (non-hydrogen) atoms. The summed E-state index contributed by atoms with van der Waals surface area (Å²) in [4.78, 5) is 0. The van der Waals surface area contributed by atoms with Crippen LogP contribution in [0.1, 0.15) is 42.0 Å². The topological polar surface area (TPSA) is 9.23 Å². The summed E-state index contributed by atoms with van der Waals surface area (Å²) >= 11 is 0. The summed E-state index contributed by atoms with van der Waals surface area (Å²) in [5.74, 6) is 1.48. The van der Waals surface area contributed by atoms with Crippen molar-refractivity contribution in [3.8, 4) is 16.9 Å². The number of rotatable bonds is 3. The molecule has 0 aromatic heterocycles. The van der Waals surface area contributed by atoms with E-state index in [0.29, 0.717) is 5.92 Å². The SMILES string of the molecule is COc1cc(C)c(C(C)C)cc1-c1ccc(C)cc1C. The lowest BCUT2D eigenvalue weighted by Crippen LogP contribution is -1.97. The third-order valence-corrected chi connectivity index (χ3v) is 3.88. The fraction of sp³-hybridized carbons (Fsp3) is 0.368. The van der Waals surface area contributed by atoms with Crippen LogP contribution in [0.4, 0.5) is 0 Å². The zero-order valence-corrected chi connectivity index (χ0v) is 13.4. The highest BCUT2D eigenvalue weighted by atomic mass is 16.5. The van der Waals surface area contributed by atoms with Gasteiger partial charge in [-0.15, -0.1) is 0 Å². The van der Waals surface area contributed by atoms with Gasteiger partial charge in [0.25, 0.3) is 0 Å². The van der Waals surface area contributed by atoms with Gasteiger partial charge in [-0.25, -0.2) is 0 Å². The zero-order valence-electron chi connectivity index (χ0n) is 13.4. The quantitative estimate of drug-likeness (QED) is 0.723. The molecule has 2 aromatic rings. The van der Waals surface area contributed by atoms with Crippen LogP contribution in [0.15, 0.2) is 30.3 Å². The molecular formula is C19H24O. The van der Waals surface area contributed by atoms with E-state index in [1.54, 1.807) is 7.11 Å². The number of hydrogen-bond acceptors (Lipinski definition) is 1. The Kier molecular flexibility index (Phi) is 4.17. The highest BCUT2D eigenvalue weighted by Crippen LogP contribution is 2.36. The second-order valence-electron chi connectivity index (χ2n) is 5.88. The van der Waals surface area contributed by atoms with E-state index >= 15 is 0 Å². The van der Waals surface area contributed by atoms with Crippen LogP contribution in [-0.4, -0.2) is 7.11 Å². The predicted molar refractivity (Wildman–Crippen MR) is 86.7 cm³/mol. The largest absolute Gasteiger partial charge is 0.496 e. The molecule has 0 atom stereocenters. The molecule has 0 aliphatic heterocycles. The molecule has 0 bridgehead atoms. The zero-order chi connectivity index (χ0) is 14.9. The standard InChI is InChI=1S/C19H24O/c1-12(2)17-11-18(19(20-6)10-15(17)5)16-8-7-13(3)9-14(16)4/h7-12H,1-6H3. The summed E-state index contributed by atoms with van der Waals surface area (Å²) in [5.41, 5.74) is 7.73. The van der Waals surface area contributed by atoms with Gasteiger partial charge < -0.3 is 4.74 Å². The maximum absolute atomic E-state index is 5.60. The lowest BCUT2D eigenvalue weighted by Gasteiger charge is -2.17. The lowest BCUT2D eigenvalue weighted by atomic mass is 9.90. The Morgan fingerprint density at radius 3 is 2.10 bits per heavy atom. The summed E-state index contributed by atoms with van der Waals surface area (Å²) in [6, 6.07) is 11.0. The van der Waals surface area contributed by atoms with Gasteiger partial charge in [0, 0.05) is 5.56 Å². The molecule has 106 valence electrons. The van der Waals surface area contributed by atoms with Gasteiger partial charge >= 0.3 is 0 Å². The lowest BCUT2D eigenvalue weighted by molar-refractivity contribution is 0.416. The number of ether oxygens (including phenoxy) is 1. The normalized spacial score (nSPS) is 10.9. The molecule has 0 aliphatic carbocycles. The number of methoxy groups -OCH3 is 1. The Balaban J connectivity index is 2.68. The molecule has 0 fully saturated rings. The van der Waals surface area contributed by atoms with E-state index in [9.17, 15) is 0 Å². The van der Waals surface area contributed by atoms with Gasteiger partial charge in [-0.3, -0.25) is 0 Å². The minimum atomic E-state index is 0.519. The van der Waals surface area contributed by atoms with Crippen molar-refractivity contribution in [1.82, 2.24) is 0 Å². The average Bonchev–Trinajstić information content (AvgIpc) is 2.38. The van der Waals surface area contributed by atoms with Gasteiger partial charge in [0.15, 0.2) is 0 Å². The van der Waals surface area contributed by atoms with E-state index in [0.717, 1.165) is 5.75 Å². The maximum atomic E-state index is 5.60. The van der Waals surface area contributed by atoms with Crippen molar-refractivity contribution in [3.05, 3.63) is 52.6 Å². The Morgan fingerprint density at radius 1 is 0.850 bits per heavy atom. The summed E-state index contributed by atoms with van der Waals surface area (Å²) in [7, 11) is 1.75. The van der Waals surface area contributed by atoms with E-state index in [2.05, 4.69) is 65.0 Å². The fourth-order valence-electron chi connectivity index (χ4n) is 2.82. The molecule has 0 N–H and O–H groups in total. The van der Waals surface area contributed by atoms with Gasteiger partial charge in [-0.05, 0) is 61.1 Å². The Hall–Kier alpha value is -1.76. The first-order valence-electron chi connectivity index (χ1n) is 7.20. The molecule has 0 spiro atoms.